The van der Waals surface area contributed by atoms with Gasteiger partial charge in [-0.1, -0.05) is 36.8 Å². The lowest BCUT2D eigenvalue weighted by molar-refractivity contribution is -0.159. The van der Waals surface area contributed by atoms with Crippen LogP contribution >= 0.6 is 0 Å². The molecule has 2 heterocycles. The SMILES string of the molecule is O=C(O)C(=O)O.Oc1ccc2c(c1)[C@]13CCC[C@H]([C@@H]1O2)N(CCc1ccccc1)CC3. The third-order valence-electron chi connectivity index (χ3n) is 6.80. The van der Waals surface area contributed by atoms with Crippen molar-refractivity contribution in [2.75, 3.05) is 13.1 Å². The second-order valence-corrected chi connectivity index (χ2v) is 8.47. The largest absolute Gasteiger partial charge is 0.508 e. The highest BCUT2D eigenvalue weighted by molar-refractivity contribution is 6.27. The molecule has 31 heavy (non-hydrogen) atoms. The number of phenolic OH excluding ortho intramolecular Hbond substituents is 1. The van der Waals surface area contributed by atoms with E-state index in [-0.39, 0.29) is 11.5 Å². The van der Waals surface area contributed by atoms with Gasteiger partial charge in [0.1, 0.15) is 17.6 Å². The lowest BCUT2D eigenvalue weighted by Crippen LogP contribution is -2.62. The number of piperidine rings is 1. The Bertz CT molecular complexity index is 950. The summed E-state index contributed by atoms with van der Waals surface area (Å²) in [5.41, 5.74) is 2.79. The van der Waals surface area contributed by atoms with Gasteiger partial charge in [-0.3, -0.25) is 4.90 Å². The zero-order valence-corrected chi connectivity index (χ0v) is 17.2. The molecule has 0 unspecified atom stereocenters. The van der Waals surface area contributed by atoms with Gasteiger partial charge in [0.05, 0.1) is 0 Å². The van der Waals surface area contributed by atoms with Gasteiger partial charge in [-0.2, -0.15) is 0 Å². The van der Waals surface area contributed by atoms with Crippen molar-refractivity contribution in [2.24, 2.45) is 0 Å². The minimum atomic E-state index is -1.82. The predicted octanol–water partition coefficient (Wildman–Crippen LogP) is 3.05. The van der Waals surface area contributed by atoms with Gasteiger partial charge < -0.3 is 20.1 Å². The highest BCUT2D eigenvalue weighted by Gasteiger charge is 2.57. The number of rotatable bonds is 3. The average Bonchev–Trinajstić information content (AvgIpc) is 3.09. The fraction of sp³-hybridized carbons (Fsp3) is 0.417. The van der Waals surface area contributed by atoms with Crippen molar-refractivity contribution in [1.82, 2.24) is 4.90 Å². The summed E-state index contributed by atoms with van der Waals surface area (Å²) in [4.78, 5) is 20.9. The first-order chi connectivity index (χ1) is 14.9. The average molecular weight is 425 g/mol. The Morgan fingerprint density at radius 3 is 2.52 bits per heavy atom. The monoisotopic (exact) mass is 425 g/mol. The van der Waals surface area contributed by atoms with E-state index in [4.69, 9.17) is 24.5 Å². The van der Waals surface area contributed by atoms with Gasteiger partial charge in [-0.05, 0) is 56.0 Å². The van der Waals surface area contributed by atoms with E-state index in [1.165, 1.54) is 30.4 Å². The summed E-state index contributed by atoms with van der Waals surface area (Å²) in [6, 6.07) is 16.9. The summed E-state index contributed by atoms with van der Waals surface area (Å²) < 4.78 is 6.45. The van der Waals surface area contributed by atoms with Crippen LogP contribution in [0, 0.1) is 0 Å². The Morgan fingerprint density at radius 1 is 1.06 bits per heavy atom. The van der Waals surface area contributed by atoms with Crippen LogP contribution in [-0.4, -0.2) is 57.4 Å². The lowest BCUT2D eigenvalue weighted by Gasteiger charge is -2.52. The third kappa shape index (κ3) is 4.10. The molecular formula is C24H27NO6. The topological polar surface area (TPSA) is 107 Å². The Kier molecular flexibility index (Phi) is 5.87. The van der Waals surface area contributed by atoms with E-state index in [9.17, 15) is 5.11 Å². The molecule has 164 valence electrons. The summed E-state index contributed by atoms with van der Waals surface area (Å²) >= 11 is 0. The first-order valence-electron chi connectivity index (χ1n) is 10.6. The third-order valence-corrected chi connectivity index (χ3v) is 6.80. The van der Waals surface area contributed by atoms with Gasteiger partial charge in [0.25, 0.3) is 0 Å². The van der Waals surface area contributed by atoms with E-state index < -0.39 is 11.9 Å². The van der Waals surface area contributed by atoms with E-state index >= 15 is 0 Å². The van der Waals surface area contributed by atoms with Crippen LogP contribution in [0.5, 0.6) is 11.5 Å². The molecule has 0 amide bonds. The molecule has 1 saturated carbocycles. The maximum absolute atomic E-state index is 9.98. The number of carboxylic acids is 2. The maximum Gasteiger partial charge on any atom is 0.414 e. The van der Waals surface area contributed by atoms with Crippen LogP contribution in [-0.2, 0) is 21.4 Å². The van der Waals surface area contributed by atoms with Crippen molar-refractivity contribution in [3.05, 3.63) is 59.7 Å². The predicted molar refractivity (Wildman–Crippen MR) is 113 cm³/mol. The molecule has 7 heteroatoms. The van der Waals surface area contributed by atoms with Crippen LogP contribution in [0.15, 0.2) is 48.5 Å². The number of hydrogen-bond acceptors (Lipinski definition) is 5. The molecule has 2 bridgehead atoms. The number of aromatic hydroxyl groups is 1. The molecule has 3 N–H and O–H groups in total. The molecule has 3 aliphatic rings. The van der Waals surface area contributed by atoms with E-state index in [1.54, 1.807) is 6.07 Å². The molecule has 2 fully saturated rings. The van der Waals surface area contributed by atoms with E-state index in [0.29, 0.717) is 11.8 Å². The Balaban J connectivity index is 0.000000342. The Labute approximate surface area is 180 Å². The highest BCUT2D eigenvalue weighted by atomic mass is 16.5. The molecule has 2 aromatic rings. The zero-order valence-electron chi connectivity index (χ0n) is 17.2. The molecule has 5 rings (SSSR count). The fourth-order valence-electron chi connectivity index (χ4n) is 5.39. The molecule has 2 aromatic carbocycles. The number of carboxylic acid groups (broad SMARTS) is 2. The van der Waals surface area contributed by atoms with Crippen molar-refractivity contribution < 1.29 is 29.6 Å². The number of benzene rings is 2. The smallest absolute Gasteiger partial charge is 0.414 e. The van der Waals surface area contributed by atoms with Gasteiger partial charge in [0.15, 0.2) is 0 Å². The fourth-order valence-corrected chi connectivity index (χ4v) is 5.39. The lowest BCUT2D eigenvalue weighted by atomic mass is 9.62. The van der Waals surface area contributed by atoms with Gasteiger partial charge >= 0.3 is 11.9 Å². The normalized spacial score (nSPS) is 25.9. The minimum absolute atomic E-state index is 0.125. The highest BCUT2D eigenvalue weighted by Crippen LogP contribution is 2.56. The number of aliphatic carboxylic acids is 2. The molecule has 0 radical (unpaired) electrons. The molecule has 1 saturated heterocycles. The molecule has 1 aliphatic carbocycles. The van der Waals surface area contributed by atoms with Crippen molar-refractivity contribution >= 4 is 11.9 Å². The van der Waals surface area contributed by atoms with Gasteiger partial charge in [-0.15, -0.1) is 0 Å². The molecule has 3 atom stereocenters. The number of ether oxygens (including phenoxy) is 1. The van der Waals surface area contributed by atoms with Gasteiger partial charge in [0.2, 0.25) is 0 Å². The van der Waals surface area contributed by atoms with E-state index in [1.807, 2.05) is 12.1 Å². The molecule has 0 spiro atoms. The number of carbonyl (C=O) groups is 2. The number of phenols is 1. The standard InChI is InChI=1S/C22H25NO2.C2H2O4/c24-17-8-9-20-18(15-17)22-11-4-7-19(21(22)25-20)23(14-12-22)13-10-16-5-2-1-3-6-16;3-1(4)2(5)6/h1-3,5-6,8-9,15,19,21,24H,4,7,10-14H2;(H,3,4)(H,5,6)/t19-,21+,22-;/m1./s1. The van der Waals surface area contributed by atoms with Gasteiger partial charge in [0, 0.05) is 23.6 Å². The molecule has 2 aliphatic heterocycles. The number of likely N-dealkylation sites (tertiary alicyclic amines) is 1. The van der Waals surface area contributed by atoms with Crippen molar-refractivity contribution in [3.63, 3.8) is 0 Å². The van der Waals surface area contributed by atoms with Crippen LogP contribution in [0.3, 0.4) is 0 Å². The molecule has 0 aromatic heterocycles. The molecule has 7 nitrogen and oxygen atoms in total. The number of hydrogen-bond donors (Lipinski definition) is 3. The summed E-state index contributed by atoms with van der Waals surface area (Å²) in [5.74, 6) is -2.28. The zero-order chi connectivity index (χ0) is 22.0. The Morgan fingerprint density at radius 2 is 1.81 bits per heavy atom. The maximum atomic E-state index is 9.98. The van der Waals surface area contributed by atoms with Gasteiger partial charge in [-0.25, -0.2) is 9.59 Å². The van der Waals surface area contributed by atoms with Crippen molar-refractivity contribution in [3.8, 4) is 11.5 Å². The molecular weight excluding hydrogens is 398 g/mol. The van der Waals surface area contributed by atoms with Crippen molar-refractivity contribution in [1.29, 1.82) is 0 Å². The second kappa shape index (κ2) is 8.59. The summed E-state index contributed by atoms with van der Waals surface area (Å²) in [6.45, 7) is 2.23. The first-order valence-corrected chi connectivity index (χ1v) is 10.6. The van der Waals surface area contributed by atoms with Crippen LogP contribution in [0.2, 0.25) is 0 Å². The Hall–Kier alpha value is -3.06. The summed E-state index contributed by atoms with van der Waals surface area (Å²) in [6.07, 6.45) is 6.16. The van der Waals surface area contributed by atoms with E-state index in [2.05, 4.69) is 35.2 Å². The first kappa shape index (κ1) is 21.2. The summed E-state index contributed by atoms with van der Waals surface area (Å²) in [7, 11) is 0. The minimum Gasteiger partial charge on any atom is -0.508 e. The van der Waals surface area contributed by atoms with Crippen molar-refractivity contribution in [2.45, 2.75) is 49.7 Å². The van der Waals surface area contributed by atoms with E-state index in [0.717, 1.165) is 31.7 Å². The number of nitrogens with zero attached hydrogens (tertiary/aromatic N) is 1. The second-order valence-electron chi connectivity index (χ2n) is 8.47. The quantitative estimate of drug-likeness (QED) is 0.649. The summed E-state index contributed by atoms with van der Waals surface area (Å²) in [5, 5.41) is 24.8. The van der Waals surface area contributed by atoms with Crippen LogP contribution in [0.1, 0.15) is 36.8 Å². The van der Waals surface area contributed by atoms with Crippen LogP contribution in [0.4, 0.5) is 0 Å². The van der Waals surface area contributed by atoms with Crippen LogP contribution in [0.25, 0.3) is 0 Å². The number of fused-ring (bicyclic) bond motifs is 1. The van der Waals surface area contributed by atoms with Crippen LogP contribution < -0.4 is 4.74 Å².